The van der Waals surface area contributed by atoms with E-state index >= 15 is 0 Å². The van der Waals surface area contributed by atoms with Crippen molar-refractivity contribution in [1.82, 2.24) is 14.6 Å². The second kappa shape index (κ2) is 6.04. The highest BCUT2D eigenvalue weighted by Crippen LogP contribution is 2.15. The molecule has 1 aliphatic heterocycles. The Kier molecular flexibility index (Phi) is 4.62. The standard InChI is InChI=1S/C12H21N3O3S/c1-13-7-11-5-12(8-15(11)2)19(16,17)14-6-10-3-4-18-9-10/h5,8,10,13-14H,3-4,6-7,9H2,1-2H3. The molecule has 0 radical (unpaired) electrons. The number of nitrogens with one attached hydrogen (secondary N) is 2. The average Bonchev–Trinajstić information content (AvgIpc) is 2.98. The Hall–Kier alpha value is -0.890. The van der Waals surface area contributed by atoms with Crippen LogP contribution in [0.15, 0.2) is 17.2 Å². The van der Waals surface area contributed by atoms with Gasteiger partial charge in [0.2, 0.25) is 10.0 Å². The zero-order chi connectivity index (χ0) is 13.9. The van der Waals surface area contributed by atoms with Gasteiger partial charge >= 0.3 is 0 Å². The lowest BCUT2D eigenvalue weighted by atomic mass is 10.1. The van der Waals surface area contributed by atoms with Gasteiger partial charge in [-0.25, -0.2) is 13.1 Å². The van der Waals surface area contributed by atoms with E-state index in [1.165, 1.54) is 0 Å². The summed E-state index contributed by atoms with van der Waals surface area (Å²) in [4.78, 5) is 0.319. The average molecular weight is 287 g/mol. The Bertz CT molecular complexity index is 518. The molecule has 0 bridgehead atoms. The van der Waals surface area contributed by atoms with Crippen LogP contribution in [0.2, 0.25) is 0 Å². The molecule has 1 atom stereocenters. The predicted molar refractivity (Wildman–Crippen MR) is 72.3 cm³/mol. The topological polar surface area (TPSA) is 72.4 Å². The van der Waals surface area contributed by atoms with Crippen LogP contribution in [-0.2, 0) is 28.4 Å². The monoisotopic (exact) mass is 287 g/mol. The highest BCUT2D eigenvalue weighted by atomic mass is 32.2. The van der Waals surface area contributed by atoms with Gasteiger partial charge in [-0.15, -0.1) is 0 Å². The van der Waals surface area contributed by atoms with Gasteiger partial charge in [0.05, 0.1) is 11.5 Å². The molecule has 108 valence electrons. The molecule has 1 aromatic rings. The van der Waals surface area contributed by atoms with Crippen molar-refractivity contribution < 1.29 is 13.2 Å². The molecule has 0 aromatic carbocycles. The van der Waals surface area contributed by atoms with Gasteiger partial charge < -0.3 is 14.6 Å². The summed E-state index contributed by atoms with van der Waals surface area (Å²) in [7, 11) is 0.255. The molecular formula is C12H21N3O3S. The number of nitrogens with zero attached hydrogens (tertiary/aromatic N) is 1. The maximum Gasteiger partial charge on any atom is 0.242 e. The molecule has 1 fully saturated rings. The molecule has 1 saturated heterocycles. The molecule has 0 spiro atoms. The van der Waals surface area contributed by atoms with E-state index in [2.05, 4.69) is 10.0 Å². The van der Waals surface area contributed by atoms with Gasteiger partial charge in [-0.2, -0.15) is 0 Å². The van der Waals surface area contributed by atoms with Crippen molar-refractivity contribution in [2.45, 2.75) is 17.9 Å². The first-order chi connectivity index (χ1) is 9.03. The van der Waals surface area contributed by atoms with E-state index in [0.29, 0.717) is 24.6 Å². The van der Waals surface area contributed by atoms with E-state index < -0.39 is 10.0 Å². The first kappa shape index (κ1) is 14.5. The third kappa shape index (κ3) is 3.56. The summed E-state index contributed by atoms with van der Waals surface area (Å²) in [5, 5.41) is 3.01. The zero-order valence-corrected chi connectivity index (χ0v) is 12.2. The molecule has 1 aromatic heterocycles. The Labute approximate surface area is 114 Å². The lowest BCUT2D eigenvalue weighted by Gasteiger charge is -2.08. The fourth-order valence-electron chi connectivity index (χ4n) is 2.14. The molecule has 1 aliphatic rings. The van der Waals surface area contributed by atoms with E-state index in [9.17, 15) is 8.42 Å². The van der Waals surface area contributed by atoms with Gasteiger partial charge in [-0.05, 0) is 25.5 Å². The molecule has 2 N–H and O–H groups in total. The van der Waals surface area contributed by atoms with E-state index in [1.807, 2.05) is 18.7 Å². The van der Waals surface area contributed by atoms with Crippen molar-refractivity contribution in [1.29, 1.82) is 0 Å². The summed E-state index contributed by atoms with van der Waals surface area (Å²) >= 11 is 0. The lowest BCUT2D eigenvalue weighted by molar-refractivity contribution is 0.186. The highest BCUT2D eigenvalue weighted by molar-refractivity contribution is 7.89. The quantitative estimate of drug-likeness (QED) is 0.776. The largest absolute Gasteiger partial charge is 0.381 e. The molecule has 19 heavy (non-hydrogen) atoms. The van der Waals surface area contributed by atoms with E-state index in [-0.39, 0.29) is 5.92 Å². The predicted octanol–water partition coefficient (Wildman–Crippen LogP) is 0.0593. The van der Waals surface area contributed by atoms with Gasteiger partial charge in [-0.3, -0.25) is 0 Å². The lowest BCUT2D eigenvalue weighted by Crippen LogP contribution is -2.29. The van der Waals surface area contributed by atoms with Gasteiger partial charge in [0, 0.05) is 38.6 Å². The van der Waals surface area contributed by atoms with Crippen LogP contribution in [-0.4, -0.2) is 39.8 Å². The number of aromatic nitrogens is 1. The van der Waals surface area contributed by atoms with Crippen LogP contribution in [0.4, 0.5) is 0 Å². The first-order valence-electron chi connectivity index (χ1n) is 6.40. The molecular weight excluding hydrogens is 266 g/mol. The van der Waals surface area contributed by atoms with Gasteiger partial charge in [-0.1, -0.05) is 0 Å². The summed E-state index contributed by atoms with van der Waals surface area (Å²) in [5.74, 6) is 0.287. The zero-order valence-electron chi connectivity index (χ0n) is 11.3. The Morgan fingerprint density at radius 1 is 1.53 bits per heavy atom. The Morgan fingerprint density at radius 3 is 2.95 bits per heavy atom. The minimum atomic E-state index is -3.42. The number of hydrogen-bond donors (Lipinski definition) is 2. The highest BCUT2D eigenvalue weighted by Gasteiger charge is 2.21. The van der Waals surface area contributed by atoms with Crippen LogP contribution in [0.25, 0.3) is 0 Å². The van der Waals surface area contributed by atoms with Crippen molar-refractivity contribution in [3.63, 3.8) is 0 Å². The molecule has 0 amide bonds. The number of aryl methyl sites for hydroxylation is 1. The van der Waals surface area contributed by atoms with Crippen molar-refractivity contribution in [3.8, 4) is 0 Å². The molecule has 0 saturated carbocycles. The molecule has 2 heterocycles. The Morgan fingerprint density at radius 2 is 2.32 bits per heavy atom. The van der Waals surface area contributed by atoms with Crippen LogP contribution in [0.5, 0.6) is 0 Å². The smallest absolute Gasteiger partial charge is 0.242 e. The van der Waals surface area contributed by atoms with Crippen LogP contribution in [0.3, 0.4) is 0 Å². The minimum absolute atomic E-state index is 0.287. The van der Waals surface area contributed by atoms with Gasteiger partial charge in [0.25, 0.3) is 0 Å². The fraction of sp³-hybridized carbons (Fsp3) is 0.667. The third-order valence-electron chi connectivity index (χ3n) is 3.34. The number of rotatable bonds is 6. The summed E-state index contributed by atoms with van der Waals surface area (Å²) in [6.45, 7) is 2.45. The van der Waals surface area contributed by atoms with Crippen molar-refractivity contribution >= 4 is 10.0 Å². The van der Waals surface area contributed by atoms with E-state index in [1.54, 1.807) is 12.3 Å². The number of sulfonamides is 1. The van der Waals surface area contributed by atoms with Gasteiger partial charge in [0.1, 0.15) is 0 Å². The molecule has 2 rings (SSSR count). The number of hydrogen-bond acceptors (Lipinski definition) is 4. The molecule has 7 heteroatoms. The summed E-state index contributed by atoms with van der Waals surface area (Å²) in [5.41, 5.74) is 0.937. The SMILES string of the molecule is CNCc1cc(S(=O)(=O)NCC2CCOC2)cn1C. The molecule has 6 nitrogen and oxygen atoms in total. The van der Waals surface area contributed by atoms with Crippen LogP contribution in [0.1, 0.15) is 12.1 Å². The van der Waals surface area contributed by atoms with Crippen LogP contribution in [0, 0.1) is 5.92 Å². The number of ether oxygens (including phenoxy) is 1. The summed E-state index contributed by atoms with van der Waals surface area (Å²) < 4.78 is 34.1. The van der Waals surface area contributed by atoms with Crippen LogP contribution >= 0.6 is 0 Å². The maximum atomic E-state index is 12.2. The fourth-order valence-corrected chi connectivity index (χ4v) is 3.35. The first-order valence-corrected chi connectivity index (χ1v) is 7.88. The van der Waals surface area contributed by atoms with Crippen molar-refractivity contribution in [3.05, 3.63) is 18.0 Å². The van der Waals surface area contributed by atoms with Crippen molar-refractivity contribution in [2.75, 3.05) is 26.8 Å². The van der Waals surface area contributed by atoms with Crippen molar-refractivity contribution in [2.24, 2.45) is 13.0 Å². The van der Waals surface area contributed by atoms with Crippen LogP contribution < -0.4 is 10.0 Å². The third-order valence-corrected chi connectivity index (χ3v) is 4.73. The van der Waals surface area contributed by atoms with Gasteiger partial charge in [0.15, 0.2) is 0 Å². The summed E-state index contributed by atoms with van der Waals surface area (Å²) in [6.07, 6.45) is 2.56. The summed E-state index contributed by atoms with van der Waals surface area (Å²) in [6, 6.07) is 1.70. The minimum Gasteiger partial charge on any atom is -0.381 e. The molecule has 1 unspecified atom stereocenters. The normalized spacial score (nSPS) is 20.0. The second-order valence-corrected chi connectivity index (χ2v) is 6.66. The van der Waals surface area contributed by atoms with E-state index in [4.69, 9.17) is 4.74 Å². The van der Waals surface area contributed by atoms with E-state index in [0.717, 1.165) is 18.7 Å². The Balaban J connectivity index is 2.03. The molecule has 0 aliphatic carbocycles. The second-order valence-electron chi connectivity index (χ2n) is 4.89. The maximum absolute atomic E-state index is 12.2.